The number of rotatable bonds is 7. The van der Waals surface area contributed by atoms with Crippen molar-refractivity contribution in [3.05, 3.63) is 0 Å². The summed E-state index contributed by atoms with van der Waals surface area (Å²) in [6, 6.07) is 0.264. The van der Waals surface area contributed by atoms with E-state index in [-0.39, 0.29) is 41.3 Å². The van der Waals surface area contributed by atoms with E-state index in [2.05, 4.69) is 41.7 Å². The first kappa shape index (κ1) is 24.9. The van der Waals surface area contributed by atoms with E-state index in [1.807, 2.05) is 6.92 Å². The molecule has 0 radical (unpaired) electrons. The normalized spacial score (nSPS) is 17.9. The molecule has 1 aliphatic heterocycles. The highest BCUT2D eigenvalue weighted by atomic mass is 127. The van der Waals surface area contributed by atoms with Gasteiger partial charge in [0.15, 0.2) is 5.96 Å². The van der Waals surface area contributed by atoms with Gasteiger partial charge < -0.3 is 16.0 Å². The summed E-state index contributed by atoms with van der Waals surface area (Å²) < 4.78 is 25.8. The minimum atomic E-state index is -3.07. The fourth-order valence-corrected chi connectivity index (χ4v) is 4.21. The maximum atomic E-state index is 12.1. The number of aliphatic imine (C=N–C) groups is 1. The molecule has 0 spiro atoms. The van der Waals surface area contributed by atoms with Crippen molar-refractivity contribution in [1.29, 1.82) is 0 Å². The molecular formula is C16H36IN5O2S. The zero-order valence-electron chi connectivity index (χ0n) is 16.3. The fourth-order valence-electron chi connectivity index (χ4n) is 2.67. The monoisotopic (exact) mass is 489 g/mol. The molecule has 3 N–H and O–H groups in total. The van der Waals surface area contributed by atoms with Crippen LogP contribution in [-0.2, 0) is 10.0 Å². The predicted octanol–water partition coefficient (Wildman–Crippen LogP) is 1.36. The van der Waals surface area contributed by atoms with E-state index in [4.69, 9.17) is 0 Å². The van der Waals surface area contributed by atoms with Crippen LogP contribution in [0.3, 0.4) is 0 Å². The van der Waals surface area contributed by atoms with Crippen LogP contribution in [0.2, 0.25) is 0 Å². The highest BCUT2D eigenvalue weighted by Gasteiger charge is 2.27. The van der Waals surface area contributed by atoms with Crippen molar-refractivity contribution in [2.24, 2.45) is 4.99 Å². The number of nitrogens with zero attached hydrogens (tertiary/aromatic N) is 2. The lowest BCUT2D eigenvalue weighted by Gasteiger charge is -2.32. The Hall–Kier alpha value is -0.130. The lowest BCUT2D eigenvalue weighted by Crippen LogP contribution is -2.51. The first-order valence-electron chi connectivity index (χ1n) is 8.88. The number of sulfonamides is 1. The molecule has 1 fully saturated rings. The topological polar surface area (TPSA) is 85.8 Å². The minimum Gasteiger partial charge on any atom is -0.355 e. The van der Waals surface area contributed by atoms with Crippen LogP contribution < -0.4 is 16.0 Å². The van der Waals surface area contributed by atoms with E-state index in [0.29, 0.717) is 19.5 Å². The highest BCUT2D eigenvalue weighted by Crippen LogP contribution is 2.15. The van der Waals surface area contributed by atoms with Crippen LogP contribution in [-0.4, -0.2) is 69.2 Å². The summed E-state index contributed by atoms with van der Waals surface area (Å²) in [4.78, 5) is 4.25. The Morgan fingerprint density at radius 1 is 1.20 bits per heavy atom. The second-order valence-corrected chi connectivity index (χ2v) is 9.40. The Balaban J connectivity index is 0.00000576. The third-order valence-electron chi connectivity index (χ3n) is 3.95. The smallest absolute Gasteiger partial charge is 0.214 e. The maximum absolute atomic E-state index is 12.1. The maximum Gasteiger partial charge on any atom is 0.214 e. The molecule has 1 saturated heterocycles. The summed E-state index contributed by atoms with van der Waals surface area (Å²) in [5, 5.41) is 10.1. The highest BCUT2D eigenvalue weighted by molar-refractivity contribution is 14.0. The van der Waals surface area contributed by atoms with Crippen LogP contribution in [0.25, 0.3) is 0 Å². The SMILES string of the molecule is CCCS(=O)(=O)N1CCC(NC(=NC)NCCNC(C)(C)C)CC1.I. The van der Waals surface area contributed by atoms with Crippen molar-refractivity contribution in [1.82, 2.24) is 20.3 Å². The zero-order chi connectivity index (χ0) is 18.2. The summed E-state index contributed by atoms with van der Waals surface area (Å²) in [6.07, 6.45) is 2.29. The van der Waals surface area contributed by atoms with Crippen molar-refractivity contribution < 1.29 is 8.42 Å². The number of piperidine rings is 1. The molecule has 0 aromatic heterocycles. The van der Waals surface area contributed by atoms with Crippen molar-refractivity contribution in [3.8, 4) is 0 Å². The predicted molar refractivity (Wildman–Crippen MR) is 116 cm³/mol. The van der Waals surface area contributed by atoms with Crippen LogP contribution in [0.15, 0.2) is 4.99 Å². The van der Waals surface area contributed by atoms with Crippen LogP contribution in [0.1, 0.15) is 47.0 Å². The molecule has 0 aromatic carbocycles. The largest absolute Gasteiger partial charge is 0.355 e. The molecule has 1 rings (SSSR count). The minimum absolute atomic E-state index is 0. The molecular weight excluding hydrogens is 453 g/mol. The molecule has 0 bridgehead atoms. The second-order valence-electron chi connectivity index (χ2n) is 7.31. The van der Waals surface area contributed by atoms with Gasteiger partial charge in [0.1, 0.15) is 0 Å². The third-order valence-corrected chi connectivity index (χ3v) is 6.02. The Kier molecular flexibility index (Phi) is 11.5. The Morgan fingerprint density at radius 3 is 2.28 bits per heavy atom. The molecule has 1 heterocycles. The van der Waals surface area contributed by atoms with Crippen LogP contribution in [0, 0.1) is 0 Å². The van der Waals surface area contributed by atoms with Gasteiger partial charge in [0.25, 0.3) is 0 Å². The number of hydrogen-bond acceptors (Lipinski definition) is 4. The summed E-state index contributed by atoms with van der Waals surface area (Å²) in [5.41, 5.74) is 0.107. The van der Waals surface area contributed by atoms with Crippen molar-refractivity contribution in [2.75, 3.05) is 39.0 Å². The quantitative estimate of drug-likeness (QED) is 0.218. The molecule has 0 aliphatic carbocycles. The standard InChI is InChI=1S/C16H35N5O2S.HI/c1-6-13-24(22,23)21-11-7-14(8-12-21)20-15(17-5)18-9-10-19-16(2,3)4;/h14,19H,6-13H2,1-5H3,(H2,17,18,20);1H. The van der Waals surface area contributed by atoms with Gasteiger partial charge in [-0.1, -0.05) is 6.92 Å². The molecule has 0 saturated carbocycles. The molecule has 9 heteroatoms. The summed E-state index contributed by atoms with van der Waals surface area (Å²) >= 11 is 0. The van der Waals surface area contributed by atoms with Crippen molar-refractivity contribution in [2.45, 2.75) is 58.5 Å². The van der Waals surface area contributed by atoms with Gasteiger partial charge in [-0.3, -0.25) is 4.99 Å². The Morgan fingerprint density at radius 2 is 1.80 bits per heavy atom. The molecule has 0 unspecified atom stereocenters. The molecule has 150 valence electrons. The lowest BCUT2D eigenvalue weighted by molar-refractivity contribution is 0.306. The third kappa shape index (κ3) is 9.95. The second kappa shape index (κ2) is 11.6. The van der Waals surface area contributed by atoms with Crippen molar-refractivity contribution in [3.63, 3.8) is 0 Å². The average molecular weight is 489 g/mol. The summed E-state index contributed by atoms with van der Waals surface area (Å²) in [6.45, 7) is 11.1. The number of guanidine groups is 1. The summed E-state index contributed by atoms with van der Waals surface area (Å²) in [7, 11) is -1.31. The van der Waals surface area contributed by atoms with E-state index in [9.17, 15) is 8.42 Å². The van der Waals surface area contributed by atoms with Gasteiger partial charge in [0, 0.05) is 44.8 Å². The average Bonchev–Trinajstić information content (AvgIpc) is 2.49. The van der Waals surface area contributed by atoms with Crippen molar-refractivity contribution >= 4 is 40.0 Å². The van der Waals surface area contributed by atoms with Crippen LogP contribution in [0.5, 0.6) is 0 Å². The van der Waals surface area contributed by atoms with Gasteiger partial charge >= 0.3 is 0 Å². The molecule has 7 nitrogen and oxygen atoms in total. The van der Waals surface area contributed by atoms with E-state index >= 15 is 0 Å². The molecule has 25 heavy (non-hydrogen) atoms. The fraction of sp³-hybridized carbons (Fsp3) is 0.938. The molecule has 0 atom stereocenters. The number of hydrogen-bond donors (Lipinski definition) is 3. The van der Waals surface area contributed by atoms with E-state index < -0.39 is 10.0 Å². The van der Waals surface area contributed by atoms with Gasteiger partial charge in [-0.15, -0.1) is 24.0 Å². The van der Waals surface area contributed by atoms with Gasteiger partial charge in [-0.2, -0.15) is 0 Å². The Labute approximate surface area is 170 Å². The zero-order valence-corrected chi connectivity index (χ0v) is 19.4. The van der Waals surface area contributed by atoms with E-state index in [0.717, 1.165) is 31.9 Å². The van der Waals surface area contributed by atoms with Crippen LogP contribution in [0.4, 0.5) is 0 Å². The molecule has 0 aromatic rings. The lowest BCUT2D eigenvalue weighted by atomic mass is 10.1. The Bertz CT molecular complexity index is 497. The number of halogens is 1. The first-order chi connectivity index (χ1) is 11.2. The first-order valence-corrected chi connectivity index (χ1v) is 10.5. The molecule has 0 amide bonds. The number of nitrogens with one attached hydrogen (secondary N) is 3. The van der Waals surface area contributed by atoms with E-state index in [1.165, 1.54) is 0 Å². The van der Waals surface area contributed by atoms with Gasteiger partial charge in [0.2, 0.25) is 10.0 Å². The van der Waals surface area contributed by atoms with Gasteiger partial charge in [0.05, 0.1) is 5.75 Å². The summed E-state index contributed by atoms with van der Waals surface area (Å²) in [5.74, 6) is 1.02. The van der Waals surface area contributed by atoms with Gasteiger partial charge in [-0.25, -0.2) is 12.7 Å². The van der Waals surface area contributed by atoms with Gasteiger partial charge in [-0.05, 0) is 40.0 Å². The molecule has 1 aliphatic rings. The van der Waals surface area contributed by atoms with E-state index in [1.54, 1.807) is 11.4 Å². The van der Waals surface area contributed by atoms with Crippen LogP contribution >= 0.6 is 24.0 Å².